The second kappa shape index (κ2) is 7.68. The van der Waals surface area contributed by atoms with Crippen LogP contribution >= 0.6 is 0 Å². The molecule has 0 aliphatic carbocycles. The molecular formula is C17H19N5O4. The van der Waals surface area contributed by atoms with Gasteiger partial charge in [0.1, 0.15) is 5.71 Å². The summed E-state index contributed by atoms with van der Waals surface area (Å²) in [5.74, 6) is -2.55. The number of nitrogens with zero attached hydrogens (tertiary/aromatic N) is 5. The summed E-state index contributed by atoms with van der Waals surface area (Å²) >= 11 is 0. The van der Waals surface area contributed by atoms with Crippen molar-refractivity contribution in [2.75, 3.05) is 14.1 Å². The molecule has 2 rings (SSSR count). The number of imide groups is 2. The third-order valence-corrected chi connectivity index (χ3v) is 3.99. The Morgan fingerprint density at radius 2 is 1.58 bits per heavy atom. The van der Waals surface area contributed by atoms with Crippen LogP contribution in [-0.2, 0) is 9.59 Å². The Labute approximate surface area is 150 Å². The van der Waals surface area contributed by atoms with Gasteiger partial charge in [-0.05, 0) is 13.8 Å². The van der Waals surface area contributed by atoms with Crippen molar-refractivity contribution in [3.63, 3.8) is 0 Å². The van der Waals surface area contributed by atoms with Crippen LogP contribution in [0.2, 0.25) is 0 Å². The van der Waals surface area contributed by atoms with Crippen molar-refractivity contribution in [1.82, 2.24) is 9.80 Å². The number of hydrogen-bond acceptors (Lipinski definition) is 7. The van der Waals surface area contributed by atoms with E-state index in [1.165, 1.54) is 21.0 Å². The summed E-state index contributed by atoms with van der Waals surface area (Å²) in [7, 11) is 2.60. The molecule has 9 heteroatoms. The van der Waals surface area contributed by atoms with E-state index in [-0.39, 0.29) is 11.4 Å². The molecule has 0 unspecified atom stereocenters. The molecule has 1 heterocycles. The highest BCUT2D eigenvalue weighted by Gasteiger charge is 2.44. The average Bonchev–Trinajstić information content (AvgIpc) is 2.62. The molecule has 1 aliphatic heterocycles. The second-order valence-corrected chi connectivity index (χ2v) is 5.85. The fourth-order valence-corrected chi connectivity index (χ4v) is 2.39. The second-order valence-electron chi connectivity index (χ2n) is 5.85. The van der Waals surface area contributed by atoms with Crippen molar-refractivity contribution in [2.24, 2.45) is 21.3 Å². The van der Waals surface area contributed by atoms with Gasteiger partial charge < -0.3 is 5.21 Å². The molecule has 0 spiro atoms. The zero-order valence-corrected chi connectivity index (χ0v) is 14.9. The van der Waals surface area contributed by atoms with E-state index in [0.29, 0.717) is 5.56 Å². The normalized spacial score (nSPS) is 17.6. The number of benzene rings is 1. The molecule has 0 atom stereocenters. The molecule has 136 valence electrons. The third-order valence-electron chi connectivity index (χ3n) is 3.99. The van der Waals surface area contributed by atoms with Crippen LogP contribution in [0, 0.1) is 12.8 Å². The van der Waals surface area contributed by atoms with Gasteiger partial charge in [-0.2, -0.15) is 5.10 Å². The van der Waals surface area contributed by atoms with E-state index >= 15 is 0 Å². The lowest BCUT2D eigenvalue weighted by Gasteiger charge is -2.32. The molecule has 1 aromatic carbocycles. The first-order valence-electron chi connectivity index (χ1n) is 7.73. The quantitative estimate of drug-likeness (QED) is 0.378. The average molecular weight is 357 g/mol. The lowest BCUT2D eigenvalue weighted by atomic mass is 9.99. The van der Waals surface area contributed by atoms with Crippen molar-refractivity contribution in [3.8, 4) is 0 Å². The van der Waals surface area contributed by atoms with Crippen molar-refractivity contribution < 1.29 is 19.6 Å². The van der Waals surface area contributed by atoms with Crippen LogP contribution in [0.1, 0.15) is 18.1 Å². The predicted octanol–water partition coefficient (Wildman–Crippen LogP) is 1.29. The van der Waals surface area contributed by atoms with E-state index in [2.05, 4.69) is 15.4 Å². The fraction of sp³-hybridized carbons (Fsp3) is 0.294. The summed E-state index contributed by atoms with van der Waals surface area (Å²) in [6.45, 7) is 3.40. The summed E-state index contributed by atoms with van der Waals surface area (Å²) in [6.07, 6.45) is 1.10. The number of rotatable bonds is 4. The minimum absolute atomic E-state index is 0.127. The summed E-state index contributed by atoms with van der Waals surface area (Å²) in [5.41, 5.74) is 2.07. The van der Waals surface area contributed by atoms with Gasteiger partial charge in [0.25, 0.3) is 0 Å². The highest BCUT2D eigenvalue weighted by atomic mass is 16.4. The largest absolute Gasteiger partial charge is 0.411 e. The Hall–Kier alpha value is -3.36. The molecule has 0 radical (unpaired) electrons. The lowest BCUT2D eigenvalue weighted by molar-refractivity contribution is -0.144. The highest BCUT2D eigenvalue weighted by molar-refractivity contribution is 6.38. The van der Waals surface area contributed by atoms with Crippen LogP contribution in [0.4, 0.5) is 4.79 Å². The molecule has 9 nitrogen and oxygen atoms in total. The van der Waals surface area contributed by atoms with Crippen molar-refractivity contribution >= 4 is 35.5 Å². The zero-order valence-electron chi connectivity index (χ0n) is 14.9. The Balaban J connectivity index is 2.38. The van der Waals surface area contributed by atoms with E-state index in [1.807, 2.05) is 19.1 Å². The fourth-order valence-electron chi connectivity index (χ4n) is 2.39. The minimum atomic E-state index is -1.23. The summed E-state index contributed by atoms with van der Waals surface area (Å²) < 4.78 is 0. The molecule has 0 aromatic heterocycles. The van der Waals surface area contributed by atoms with E-state index in [4.69, 9.17) is 5.21 Å². The monoisotopic (exact) mass is 357 g/mol. The van der Waals surface area contributed by atoms with Crippen molar-refractivity contribution in [2.45, 2.75) is 13.8 Å². The first-order chi connectivity index (χ1) is 12.3. The van der Waals surface area contributed by atoms with Gasteiger partial charge >= 0.3 is 6.03 Å². The Bertz CT molecular complexity index is 802. The van der Waals surface area contributed by atoms with E-state index in [0.717, 1.165) is 21.6 Å². The molecule has 0 saturated carbocycles. The number of oxime groups is 1. The number of carbonyl (C=O) groups is 3. The van der Waals surface area contributed by atoms with Gasteiger partial charge in [-0.3, -0.25) is 19.4 Å². The summed E-state index contributed by atoms with van der Waals surface area (Å²) in [4.78, 5) is 38.1. The number of amides is 4. The van der Waals surface area contributed by atoms with Gasteiger partial charge in [-0.15, -0.1) is 5.10 Å². The molecular weight excluding hydrogens is 338 g/mol. The summed E-state index contributed by atoms with van der Waals surface area (Å²) in [5, 5.41) is 19.8. The number of barbiturate groups is 1. The topological polar surface area (TPSA) is 115 Å². The van der Waals surface area contributed by atoms with Gasteiger partial charge in [0.2, 0.25) is 11.8 Å². The molecule has 1 aromatic rings. The Morgan fingerprint density at radius 1 is 1.04 bits per heavy atom. The molecule has 1 saturated heterocycles. The first kappa shape index (κ1) is 19.0. The smallest absolute Gasteiger partial charge is 0.332 e. The van der Waals surface area contributed by atoms with Crippen LogP contribution in [0.25, 0.3) is 0 Å². The van der Waals surface area contributed by atoms with E-state index in [9.17, 15) is 14.4 Å². The molecule has 1 N–H and O–H groups in total. The van der Waals surface area contributed by atoms with Gasteiger partial charge in [0, 0.05) is 19.7 Å². The molecule has 1 fully saturated rings. The lowest BCUT2D eigenvalue weighted by Crippen LogP contribution is -2.58. The maximum absolute atomic E-state index is 12.3. The van der Waals surface area contributed by atoms with Crippen LogP contribution in [0.5, 0.6) is 0 Å². The standard InChI is InChI=1S/C17H19N5O4/c1-10-5-7-12(8-6-10)13(9-18-26)20-19-11(2)14-15(23)21(3)17(25)22(4)16(14)24/h5-9,14,26H,1-4H3/b18-9-,19-11+,20-13+. The van der Waals surface area contributed by atoms with Crippen LogP contribution in [0.3, 0.4) is 0 Å². The predicted molar refractivity (Wildman–Crippen MR) is 95.5 cm³/mol. The number of urea groups is 1. The maximum atomic E-state index is 12.3. The van der Waals surface area contributed by atoms with E-state index < -0.39 is 23.8 Å². The zero-order chi connectivity index (χ0) is 19.4. The Kier molecular flexibility index (Phi) is 5.61. The minimum Gasteiger partial charge on any atom is -0.411 e. The van der Waals surface area contributed by atoms with Gasteiger partial charge in [-0.1, -0.05) is 35.0 Å². The van der Waals surface area contributed by atoms with Crippen LogP contribution in [-0.4, -0.2) is 64.6 Å². The SMILES string of the molecule is C\C(=N/N=C(\C=N/O)c1ccc(C)cc1)C1C(=O)N(C)C(=O)N(C)C1=O. The van der Waals surface area contributed by atoms with Crippen LogP contribution in [0.15, 0.2) is 39.6 Å². The summed E-state index contributed by atoms with van der Waals surface area (Å²) in [6, 6.07) is 6.57. The van der Waals surface area contributed by atoms with Crippen molar-refractivity contribution in [1.29, 1.82) is 0 Å². The van der Waals surface area contributed by atoms with E-state index in [1.54, 1.807) is 12.1 Å². The molecule has 1 aliphatic rings. The first-order valence-corrected chi connectivity index (χ1v) is 7.73. The third kappa shape index (κ3) is 3.66. The number of carbonyl (C=O) groups excluding carboxylic acids is 3. The van der Waals surface area contributed by atoms with Crippen molar-refractivity contribution in [3.05, 3.63) is 35.4 Å². The molecule has 4 amide bonds. The van der Waals surface area contributed by atoms with Gasteiger partial charge in [0.05, 0.1) is 11.9 Å². The highest BCUT2D eigenvalue weighted by Crippen LogP contribution is 2.17. The van der Waals surface area contributed by atoms with Gasteiger partial charge in [-0.25, -0.2) is 4.79 Å². The van der Waals surface area contributed by atoms with Gasteiger partial charge in [0.15, 0.2) is 5.92 Å². The molecule has 0 bridgehead atoms. The molecule has 26 heavy (non-hydrogen) atoms. The number of aryl methyl sites for hydroxylation is 1. The number of hydrogen-bond donors (Lipinski definition) is 1. The Morgan fingerprint density at radius 3 is 2.08 bits per heavy atom. The van der Waals surface area contributed by atoms with Crippen LogP contribution < -0.4 is 0 Å². The maximum Gasteiger partial charge on any atom is 0.332 e.